The van der Waals surface area contributed by atoms with Crippen molar-refractivity contribution in [3.63, 3.8) is 0 Å². The molecule has 2 atom stereocenters. The van der Waals surface area contributed by atoms with Gasteiger partial charge in [0.25, 0.3) is 0 Å². The van der Waals surface area contributed by atoms with Crippen LogP contribution < -0.4 is 0 Å². The van der Waals surface area contributed by atoms with Crippen LogP contribution in [0.1, 0.15) is 51.0 Å². The van der Waals surface area contributed by atoms with Gasteiger partial charge < -0.3 is 0 Å². The quantitative estimate of drug-likeness (QED) is 0.517. The average Bonchev–Trinajstić information content (AvgIpc) is 2.40. The Morgan fingerprint density at radius 2 is 2.00 bits per heavy atom. The summed E-state index contributed by atoms with van der Waals surface area (Å²) < 4.78 is 0. The maximum atomic E-state index is 12.4. The van der Waals surface area contributed by atoms with Crippen LogP contribution in [0.4, 0.5) is 0 Å². The molecule has 0 aromatic heterocycles. The van der Waals surface area contributed by atoms with Gasteiger partial charge in [-0.25, -0.2) is 0 Å². The number of rotatable bonds is 7. The molecule has 0 aliphatic heterocycles. The number of carbonyl (C=O) groups excluding carboxylic acids is 1. The van der Waals surface area contributed by atoms with Crippen LogP contribution in [0.15, 0.2) is 30.3 Å². The van der Waals surface area contributed by atoms with Gasteiger partial charge in [0, 0.05) is 18.8 Å². The molecule has 0 spiro atoms. The summed E-state index contributed by atoms with van der Waals surface area (Å²) in [6, 6.07) is 10.1. The van der Waals surface area contributed by atoms with Gasteiger partial charge >= 0.3 is 0 Å². The lowest BCUT2D eigenvalue weighted by molar-refractivity contribution is -0.121. The molecule has 0 radical (unpaired) electrons. The Bertz CT molecular complexity index is 399. The first kappa shape index (κ1) is 14.5. The van der Waals surface area contributed by atoms with Gasteiger partial charge in [0.1, 0.15) is 5.78 Å². The van der Waals surface area contributed by atoms with Crippen molar-refractivity contribution in [2.24, 2.45) is 5.92 Å². The lowest BCUT2D eigenvalue weighted by Crippen LogP contribution is -2.19. The summed E-state index contributed by atoms with van der Waals surface area (Å²) in [4.78, 5) is 12.4. The summed E-state index contributed by atoms with van der Waals surface area (Å²) in [5, 5.41) is 0. The molecule has 18 heavy (non-hydrogen) atoms. The highest BCUT2D eigenvalue weighted by Crippen LogP contribution is 2.29. The largest absolute Gasteiger partial charge is 0.299 e. The second kappa shape index (κ2) is 7.71. The van der Waals surface area contributed by atoms with Crippen LogP contribution >= 0.6 is 0 Å². The van der Waals surface area contributed by atoms with Crippen LogP contribution in [0.2, 0.25) is 0 Å². The van der Waals surface area contributed by atoms with Gasteiger partial charge in [0.2, 0.25) is 0 Å². The SMILES string of the molecule is C#CCCCC(=O)C(c1ccccc1)C(C)CC. The molecule has 0 saturated heterocycles. The summed E-state index contributed by atoms with van der Waals surface area (Å²) in [5.74, 6) is 3.32. The smallest absolute Gasteiger partial charge is 0.140 e. The van der Waals surface area contributed by atoms with Crippen molar-refractivity contribution in [2.45, 2.75) is 45.4 Å². The van der Waals surface area contributed by atoms with E-state index in [4.69, 9.17) is 6.42 Å². The van der Waals surface area contributed by atoms with Crippen molar-refractivity contribution in [3.8, 4) is 12.3 Å². The fourth-order valence-electron chi connectivity index (χ4n) is 2.25. The van der Waals surface area contributed by atoms with E-state index in [0.29, 0.717) is 24.5 Å². The third kappa shape index (κ3) is 4.04. The van der Waals surface area contributed by atoms with E-state index in [-0.39, 0.29) is 5.92 Å². The highest BCUT2D eigenvalue weighted by Gasteiger charge is 2.24. The molecule has 0 aliphatic carbocycles. The molecule has 0 bridgehead atoms. The van der Waals surface area contributed by atoms with Crippen LogP contribution in [-0.4, -0.2) is 5.78 Å². The zero-order valence-corrected chi connectivity index (χ0v) is 11.4. The molecule has 1 rings (SSSR count). The van der Waals surface area contributed by atoms with Crippen molar-refractivity contribution in [1.82, 2.24) is 0 Å². The lowest BCUT2D eigenvalue weighted by atomic mass is 9.81. The van der Waals surface area contributed by atoms with Gasteiger partial charge in [0.05, 0.1) is 0 Å². The third-order valence-corrected chi connectivity index (χ3v) is 3.46. The lowest BCUT2D eigenvalue weighted by Gasteiger charge is -2.22. The van der Waals surface area contributed by atoms with Crippen LogP contribution in [0.25, 0.3) is 0 Å². The van der Waals surface area contributed by atoms with Crippen LogP contribution in [0.3, 0.4) is 0 Å². The number of hydrogen-bond acceptors (Lipinski definition) is 1. The number of unbranched alkanes of at least 4 members (excludes halogenated alkanes) is 1. The molecule has 1 aromatic carbocycles. The zero-order chi connectivity index (χ0) is 13.4. The number of carbonyl (C=O) groups is 1. The Labute approximate surface area is 111 Å². The summed E-state index contributed by atoms with van der Waals surface area (Å²) >= 11 is 0. The minimum atomic E-state index is 0.0222. The maximum Gasteiger partial charge on any atom is 0.140 e. The predicted molar refractivity (Wildman–Crippen MR) is 76.3 cm³/mol. The molecule has 0 N–H and O–H groups in total. The van der Waals surface area contributed by atoms with E-state index in [9.17, 15) is 4.79 Å². The molecule has 0 amide bonds. The summed E-state index contributed by atoms with van der Waals surface area (Å²) in [7, 11) is 0. The minimum absolute atomic E-state index is 0.0222. The molecule has 0 aliphatic rings. The van der Waals surface area contributed by atoms with Crippen molar-refractivity contribution in [2.75, 3.05) is 0 Å². The van der Waals surface area contributed by atoms with Crippen molar-refractivity contribution >= 4 is 5.78 Å². The van der Waals surface area contributed by atoms with E-state index in [0.717, 1.165) is 18.4 Å². The highest BCUT2D eigenvalue weighted by atomic mass is 16.1. The number of hydrogen-bond donors (Lipinski definition) is 0. The molecule has 1 heteroatoms. The van der Waals surface area contributed by atoms with Gasteiger partial charge in [-0.15, -0.1) is 12.3 Å². The Kier molecular flexibility index (Phi) is 6.22. The predicted octanol–water partition coefficient (Wildman–Crippen LogP) is 4.19. The van der Waals surface area contributed by atoms with E-state index in [1.54, 1.807) is 0 Å². The van der Waals surface area contributed by atoms with E-state index in [1.165, 1.54) is 0 Å². The number of ketones is 1. The second-order valence-electron chi connectivity index (χ2n) is 4.80. The van der Waals surface area contributed by atoms with Crippen LogP contribution in [0.5, 0.6) is 0 Å². The number of Topliss-reactive ketones (excluding diaryl/α,β-unsaturated/α-hetero) is 1. The van der Waals surface area contributed by atoms with Gasteiger partial charge in [-0.2, -0.15) is 0 Å². The molecule has 1 aromatic rings. The Balaban J connectivity index is 2.80. The normalized spacial score (nSPS) is 13.6. The van der Waals surface area contributed by atoms with E-state index < -0.39 is 0 Å². The molecule has 0 heterocycles. The van der Waals surface area contributed by atoms with E-state index >= 15 is 0 Å². The topological polar surface area (TPSA) is 17.1 Å². The first-order valence-electron chi connectivity index (χ1n) is 6.71. The van der Waals surface area contributed by atoms with E-state index in [1.807, 2.05) is 18.2 Å². The zero-order valence-electron chi connectivity index (χ0n) is 11.4. The van der Waals surface area contributed by atoms with Crippen LogP contribution in [-0.2, 0) is 4.79 Å². The Morgan fingerprint density at radius 1 is 1.33 bits per heavy atom. The first-order chi connectivity index (χ1) is 8.70. The first-order valence-corrected chi connectivity index (χ1v) is 6.71. The molecule has 2 unspecified atom stereocenters. The van der Waals surface area contributed by atoms with Gasteiger partial charge in [-0.05, 0) is 17.9 Å². The molecule has 0 saturated carbocycles. The monoisotopic (exact) mass is 242 g/mol. The van der Waals surface area contributed by atoms with E-state index in [2.05, 4.69) is 31.9 Å². The van der Waals surface area contributed by atoms with Gasteiger partial charge in [-0.1, -0.05) is 50.6 Å². The average molecular weight is 242 g/mol. The van der Waals surface area contributed by atoms with Crippen LogP contribution in [0, 0.1) is 18.3 Å². The molecule has 96 valence electrons. The maximum absolute atomic E-state index is 12.4. The van der Waals surface area contributed by atoms with Gasteiger partial charge in [0.15, 0.2) is 0 Å². The molecule has 0 fully saturated rings. The van der Waals surface area contributed by atoms with Crippen molar-refractivity contribution in [3.05, 3.63) is 35.9 Å². The molecular weight excluding hydrogens is 220 g/mol. The summed E-state index contributed by atoms with van der Waals surface area (Å²) in [6.07, 6.45) is 8.32. The van der Waals surface area contributed by atoms with Crippen molar-refractivity contribution < 1.29 is 4.79 Å². The fourth-order valence-corrected chi connectivity index (χ4v) is 2.25. The second-order valence-corrected chi connectivity index (χ2v) is 4.80. The Hall–Kier alpha value is -1.55. The molecule has 1 nitrogen and oxygen atoms in total. The summed E-state index contributed by atoms with van der Waals surface area (Å²) in [5.41, 5.74) is 1.14. The Morgan fingerprint density at radius 3 is 2.56 bits per heavy atom. The fraction of sp³-hybridized carbons (Fsp3) is 0.471. The molecular formula is C17H22O. The highest BCUT2D eigenvalue weighted by molar-refractivity contribution is 5.86. The van der Waals surface area contributed by atoms with Gasteiger partial charge in [-0.3, -0.25) is 4.79 Å². The van der Waals surface area contributed by atoms with Crippen molar-refractivity contribution in [1.29, 1.82) is 0 Å². The number of terminal acetylenes is 1. The number of benzene rings is 1. The standard InChI is InChI=1S/C17H22O/c1-4-6-8-13-16(18)17(14(3)5-2)15-11-9-7-10-12-15/h1,7,9-12,14,17H,5-6,8,13H2,2-3H3. The summed E-state index contributed by atoms with van der Waals surface area (Å²) in [6.45, 7) is 4.28. The third-order valence-electron chi connectivity index (χ3n) is 3.46. The minimum Gasteiger partial charge on any atom is -0.299 e.